The van der Waals surface area contributed by atoms with Gasteiger partial charge in [-0.25, -0.2) is 4.57 Å². The number of pyridine rings is 1. The van der Waals surface area contributed by atoms with Gasteiger partial charge in [0, 0.05) is 68.7 Å². The summed E-state index contributed by atoms with van der Waals surface area (Å²) in [5.74, 6) is 2.35. The minimum Gasteiger partial charge on any atom is -0.391 e. The first-order chi connectivity index (χ1) is 21.5. The van der Waals surface area contributed by atoms with E-state index < -0.39 is 0 Å². The molecule has 44 heavy (non-hydrogen) atoms. The highest BCUT2D eigenvalue weighted by atomic mass is 33.1. The Hall–Kier alpha value is -3.35. The van der Waals surface area contributed by atoms with Crippen LogP contribution in [0, 0.1) is 0 Å². The van der Waals surface area contributed by atoms with Gasteiger partial charge in [0.15, 0.2) is 12.4 Å². The maximum Gasteiger partial charge on any atom is 0.169 e. The second-order valence-corrected chi connectivity index (χ2v) is 13.4. The number of aryl methyl sites for hydroxylation is 1. The Morgan fingerprint density at radius 2 is 1.20 bits per heavy atom. The zero-order chi connectivity index (χ0) is 31.4. The van der Waals surface area contributed by atoms with Gasteiger partial charge < -0.3 is 15.1 Å². The van der Waals surface area contributed by atoms with Crippen LogP contribution in [0.5, 0.6) is 0 Å². The molecule has 2 aromatic carbocycles. The number of aromatic nitrogens is 1. The summed E-state index contributed by atoms with van der Waals surface area (Å²) in [5.41, 5.74) is 7.40. The number of benzene rings is 2. The van der Waals surface area contributed by atoms with Crippen LogP contribution >= 0.6 is 21.6 Å². The molecule has 0 unspecified atom stereocenters. The van der Waals surface area contributed by atoms with Crippen LogP contribution in [-0.4, -0.2) is 45.2 Å². The Morgan fingerprint density at radius 1 is 0.705 bits per heavy atom. The predicted octanol–water partition coefficient (Wildman–Crippen LogP) is 8.98. The van der Waals surface area contributed by atoms with Crippen LogP contribution in [0.15, 0.2) is 103 Å². The lowest BCUT2D eigenvalue weighted by Crippen LogP contribution is -2.30. The third-order valence-electron chi connectivity index (χ3n) is 7.34. The van der Waals surface area contributed by atoms with Crippen molar-refractivity contribution in [3.8, 4) is 0 Å². The van der Waals surface area contributed by atoms with Crippen molar-refractivity contribution >= 4 is 51.2 Å². The lowest BCUT2D eigenvalue weighted by atomic mass is 10.1. The number of hydrogen-bond donors (Lipinski definition) is 1. The van der Waals surface area contributed by atoms with Gasteiger partial charge in [-0.3, -0.25) is 0 Å². The van der Waals surface area contributed by atoms with Crippen molar-refractivity contribution in [3.05, 3.63) is 120 Å². The summed E-state index contributed by atoms with van der Waals surface area (Å²) < 4.78 is 2.17. The van der Waals surface area contributed by atoms with Crippen LogP contribution in [0.25, 0.3) is 18.2 Å². The van der Waals surface area contributed by atoms with Gasteiger partial charge >= 0.3 is 0 Å². The van der Waals surface area contributed by atoms with Crippen LogP contribution in [0.1, 0.15) is 50.3 Å². The smallest absolute Gasteiger partial charge is 0.169 e. The van der Waals surface area contributed by atoms with Crippen LogP contribution in [0.2, 0.25) is 0 Å². The van der Waals surface area contributed by atoms with Gasteiger partial charge in [-0.05, 0) is 92.4 Å². The molecule has 0 aliphatic rings. The quantitative estimate of drug-likeness (QED) is 0.0618. The first-order valence-corrected chi connectivity index (χ1v) is 18.3. The Bertz CT molecular complexity index is 1330. The van der Waals surface area contributed by atoms with Crippen molar-refractivity contribution in [2.24, 2.45) is 0 Å². The average molecular weight is 628 g/mol. The SMILES string of the molecule is C/C=C(\C=C/NCC)/C=C/c1ccc(N(C)CCCSSCCCN(C)c2ccc(/C=C/c3cc[n+](CC)cc3)cc2)cc1. The van der Waals surface area contributed by atoms with Crippen LogP contribution in [0.3, 0.4) is 0 Å². The molecule has 1 heterocycles. The summed E-state index contributed by atoms with van der Waals surface area (Å²) in [6.45, 7) is 10.4. The van der Waals surface area contributed by atoms with Crippen LogP contribution in [0.4, 0.5) is 11.4 Å². The Morgan fingerprint density at radius 3 is 1.68 bits per heavy atom. The number of rotatable bonds is 19. The first kappa shape index (κ1) is 35.1. The molecule has 1 N–H and O–H groups in total. The second kappa shape index (κ2) is 20.6. The molecule has 0 aliphatic heterocycles. The summed E-state index contributed by atoms with van der Waals surface area (Å²) in [5, 5.41) is 3.22. The summed E-state index contributed by atoms with van der Waals surface area (Å²) in [6, 6.07) is 22.0. The molecule has 6 heteroatoms. The molecule has 0 saturated carbocycles. The molecule has 0 radical (unpaired) electrons. The molecule has 4 nitrogen and oxygen atoms in total. The highest BCUT2D eigenvalue weighted by Gasteiger charge is 2.03. The van der Waals surface area contributed by atoms with E-state index in [2.05, 4.69) is 164 Å². The lowest BCUT2D eigenvalue weighted by molar-refractivity contribution is -0.693. The van der Waals surface area contributed by atoms with E-state index in [-0.39, 0.29) is 0 Å². The molecule has 1 aromatic heterocycles. The molecule has 3 rings (SSSR count). The number of allylic oxidation sites excluding steroid dienone is 4. The van der Waals surface area contributed by atoms with E-state index in [0.29, 0.717) is 0 Å². The fourth-order valence-electron chi connectivity index (χ4n) is 4.47. The first-order valence-electron chi connectivity index (χ1n) is 15.8. The summed E-state index contributed by atoms with van der Waals surface area (Å²) in [6.07, 6.45) is 21.5. The molecule has 0 bridgehead atoms. The topological polar surface area (TPSA) is 22.4 Å². The maximum atomic E-state index is 3.22. The fraction of sp³-hybridized carbons (Fsp3) is 0.342. The minimum atomic E-state index is 0.937. The number of nitrogens with one attached hydrogen (secondary N) is 1. The molecule has 0 fully saturated rings. The zero-order valence-corrected chi connectivity index (χ0v) is 28.9. The Balaban J connectivity index is 1.27. The summed E-state index contributed by atoms with van der Waals surface area (Å²) >= 11 is 0. The van der Waals surface area contributed by atoms with E-state index in [1.54, 1.807) is 0 Å². The highest BCUT2D eigenvalue weighted by Crippen LogP contribution is 2.24. The molecule has 0 spiro atoms. The zero-order valence-electron chi connectivity index (χ0n) is 27.3. The second-order valence-electron chi connectivity index (χ2n) is 10.7. The number of hydrogen-bond acceptors (Lipinski definition) is 5. The van der Waals surface area contributed by atoms with Crippen molar-refractivity contribution in [1.29, 1.82) is 0 Å². The van der Waals surface area contributed by atoms with Crippen molar-refractivity contribution < 1.29 is 4.57 Å². The van der Waals surface area contributed by atoms with E-state index >= 15 is 0 Å². The monoisotopic (exact) mass is 627 g/mol. The van der Waals surface area contributed by atoms with E-state index in [1.807, 2.05) is 27.8 Å². The highest BCUT2D eigenvalue weighted by molar-refractivity contribution is 8.76. The van der Waals surface area contributed by atoms with Gasteiger partial charge in [0.05, 0.1) is 0 Å². The van der Waals surface area contributed by atoms with E-state index in [0.717, 1.165) is 26.2 Å². The molecule has 3 aromatic rings. The van der Waals surface area contributed by atoms with Gasteiger partial charge in [0.2, 0.25) is 0 Å². The molecular weight excluding hydrogens is 577 g/mol. The molecule has 0 saturated heterocycles. The molecule has 234 valence electrons. The third kappa shape index (κ3) is 13.1. The van der Waals surface area contributed by atoms with E-state index in [4.69, 9.17) is 0 Å². The summed E-state index contributed by atoms with van der Waals surface area (Å²) in [7, 11) is 8.39. The van der Waals surface area contributed by atoms with Gasteiger partial charge in [0.1, 0.15) is 6.54 Å². The predicted molar refractivity (Wildman–Crippen MR) is 200 cm³/mol. The van der Waals surface area contributed by atoms with Gasteiger partial charge in [-0.15, -0.1) is 0 Å². The van der Waals surface area contributed by atoms with Crippen LogP contribution in [-0.2, 0) is 6.54 Å². The number of anilines is 2. The van der Waals surface area contributed by atoms with Crippen molar-refractivity contribution in [2.75, 3.05) is 55.0 Å². The number of nitrogens with zero attached hydrogens (tertiary/aromatic N) is 3. The lowest BCUT2D eigenvalue weighted by Gasteiger charge is -2.20. The van der Waals surface area contributed by atoms with Crippen molar-refractivity contribution in [2.45, 2.75) is 40.2 Å². The van der Waals surface area contributed by atoms with Crippen molar-refractivity contribution in [3.63, 3.8) is 0 Å². The molecule has 0 amide bonds. The third-order valence-corrected chi connectivity index (χ3v) is 9.92. The fourth-order valence-corrected chi connectivity index (χ4v) is 6.62. The van der Waals surface area contributed by atoms with Gasteiger partial charge in [0.25, 0.3) is 0 Å². The maximum absolute atomic E-state index is 3.22. The van der Waals surface area contributed by atoms with Crippen LogP contribution < -0.4 is 19.7 Å². The molecular formula is C38H51N4S2+. The van der Waals surface area contributed by atoms with E-state index in [9.17, 15) is 0 Å². The Kier molecular flexibility index (Phi) is 16.4. The largest absolute Gasteiger partial charge is 0.391 e. The minimum absolute atomic E-state index is 0.937. The van der Waals surface area contributed by atoms with Crippen molar-refractivity contribution in [1.82, 2.24) is 5.32 Å². The standard InChI is InChI=1S/C38H51N4S2/c1-6-33(23-26-39-7-2)11-12-34-15-19-37(20-16-34)40(4)27-9-31-43-44-32-10-28-41(5)38-21-17-35(18-22-38)13-14-36-24-29-42(8-3)30-25-36/h6,11-26,29-30,39H,7-10,27-28,31-32H2,1-5H3/q+1/b12-11+,26-23-,33-6-. The average Bonchev–Trinajstić information content (AvgIpc) is 3.07. The molecule has 0 aliphatic carbocycles. The van der Waals surface area contributed by atoms with E-state index in [1.165, 1.54) is 58.0 Å². The van der Waals surface area contributed by atoms with Gasteiger partial charge in [-0.2, -0.15) is 0 Å². The summed E-state index contributed by atoms with van der Waals surface area (Å²) in [4.78, 5) is 4.71. The molecule has 0 atom stereocenters. The normalized spacial score (nSPS) is 12.1. The Labute approximate surface area is 275 Å². The van der Waals surface area contributed by atoms with Gasteiger partial charge in [-0.1, -0.05) is 76.2 Å².